The summed E-state index contributed by atoms with van der Waals surface area (Å²) in [6.07, 6.45) is 3.37. The number of Topliss-reactive ketones (excluding diaryl/α,β-unsaturated/α-hetero) is 1. The molecular formula is C18H22N2O3. The molecule has 0 saturated carbocycles. The quantitative estimate of drug-likeness (QED) is 0.678. The summed E-state index contributed by atoms with van der Waals surface area (Å²) in [7, 11) is 0. The first-order valence-electron chi connectivity index (χ1n) is 8.15. The van der Waals surface area contributed by atoms with Gasteiger partial charge in [0.15, 0.2) is 0 Å². The fourth-order valence-corrected chi connectivity index (χ4v) is 3.16. The Balaban J connectivity index is 1.62. The molecule has 122 valence electrons. The molecule has 0 spiro atoms. The minimum atomic E-state index is -0.619. The van der Waals surface area contributed by atoms with E-state index in [-0.39, 0.29) is 11.8 Å². The second-order valence-electron chi connectivity index (χ2n) is 5.93. The van der Waals surface area contributed by atoms with Crippen LogP contribution in [0.4, 0.5) is 0 Å². The van der Waals surface area contributed by atoms with Crippen molar-refractivity contribution in [2.75, 3.05) is 26.2 Å². The van der Waals surface area contributed by atoms with Crippen LogP contribution in [-0.4, -0.2) is 47.9 Å². The van der Waals surface area contributed by atoms with E-state index in [2.05, 4.69) is 22.0 Å². The number of nitrogens with one attached hydrogen (secondary N) is 1. The second-order valence-corrected chi connectivity index (χ2v) is 5.93. The Morgan fingerprint density at radius 3 is 3.04 bits per heavy atom. The number of H-pyrrole nitrogens is 1. The summed E-state index contributed by atoms with van der Waals surface area (Å²) in [4.78, 5) is 29.3. The maximum absolute atomic E-state index is 11.9. The van der Waals surface area contributed by atoms with Crippen LogP contribution >= 0.6 is 0 Å². The number of carbonyl (C=O) groups is 2. The number of nitrogens with zero attached hydrogens (tertiary/aromatic N) is 1. The van der Waals surface area contributed by atoms with E-state index in [1.165, 1.54) is 10.9 Å². The van der Waals surface area contributed by atoms with Gasteiger partial charge in [0.2, 0.25) is 0 Å². The van der Waals surface area contributed by atoms with Crippen molar-refractivity contribution < 1.29 is 14.3 Å². The number of rotatable bonds is 5. The van der Waals surface area contributed by atoms with Gasteiger partial charge in [0.1, 0.15) is 11.7 Å². The third-order valence-electron chi connectivity index (χ3n) is 4.45. The maximum Gasteiger partial charge on any atom is 0.317 e. The highest BCUT2D eigenvalue weighted by Crippen LogP contribution is 2.20. The van der Waals surface area contributed by atoms with E-state index in [0.29, 0.717) is 19.6 Å². The molecule has 1 atom stereocenters. The summed E-state index contributed by atoms with van der Waals surface area (Å²) in [5, 5.41) is 1.24. The van der Waals surface area contributed by atoms with Crippen LogP contribution in [0.3, 0.4) is 0 Å². The molecule has 0 radical (unpaired) electrons. The van der Waals surface area contributed by atoms with Gasteiger partial charge in [-0.2, -0.15) is 0 Å². The zero-order chi connectivity index (χ0) is 16.2. The lowest BCUT2D eigenvalue weighted by molar-refractivity contribution is -0.153. The van der Waals surface area contributed by atoms with Gasteiger partial charge in [0.05, 0.1) is 6.61 Å². The molecule has 1 unspecified atom stereocenters. The normalized spacial score (nSPS) is 19.2. The minimum absolute atomic E-state index is 0.00629. The predicted octanol–water partition coefficient (Wildman–Crippen LogP) is 2.16. The van der Waals surface area contributed by atoms with Gasteiger partial charge >= 0.3 is 5.97 Å². The number of hydrogen-bond donors (Lipinski definition) is 1. The molecule has 5 nitrogen and oxygen atoms in total. The molecule has 0 amide bonds. The van der Waals surface area contributed by atoms with Gasteiger partial charge in [-0.05, 0) is 25.0 Å². The van der Waals surface area contributed by atoms with E-state index in [4.69, 9.17) is 4.74 Å². The highest BCUT2D eigenvalue weighted by atomic mass is 16.5. The van der Waals surface area contributed by atoms with Crippen LogP contribution in [0.15, 0.2) is 30.5 Å². The van der Waals surface area contributed by atoms with Crippen molar-refractivity contribution in [3.8, 4) is 0 Å². The lowest BCUT2D eigenvalue weighted by Gasteiger charge is -2.30. The van der Waals surface area contributed by atoms with Gasteiger partial charge in [0.25, 0.3) is 0 Å². The Morgan fingerprint density at radius 2 is 2.22 bits per heavy atom. The molecule has 5 heteroatoms. The number of esters is 1. The summed E-state index contributed by atoms with van der Waals surface area (Å²) >= 11 is 0. The van der Waals surface area contributed by atoms with Crippen molar-refractivity contribution in [3.05, 3.63) is 36.0 Å². The molecule has 2 heterocycles. The van der Waals surface area contributed by atoms with Gasteiger partial charge in [-0.15, -0.1) is 0 Å². The zero-order valence-electron chi connectivity index (χ0n) is 13.4. The average Bonchev–Trinajstić information content (AvgIpc) is 2.97. The summed E-state index contributed by atoms with van der Waals surface area (Å²) in [6.45, 7) is 4.11. The van der Waals surface area contributed by atoms with Gasteiger partial charge < -0.3 is 14.6 Å². The zero-order valence-corrected chi connectivity index (χ0v) is 13.4. The fourth-order valence-electron chi connectivity index (χ4n) is 3.16. The van der Waals surface area contributed by atoms with Crippen molar-refractivity contribution in [3.63, 3.8) is 0 Å². The topological polar surface area (TPSA) is 62.4 Å². The van der Waals surface area contributed by atoms with Crippen LogP contribution in [0.2, 0.25) is 0 Å². The van der Waals surface area contributed by atoms with Crippen LogP contribution in [0.1, 0.15) is 18.9 Å². The van der Waals surface area contributed by atoms with Crippen LogP contribution in [-0.2, 0) is 20.7 Å². The molecule has 2 aromatic rings. The van der Waals surface area contributed by atoms with E-state index in [1.807, 2.05) is 18.3 Å². The third kappa shape index (κ3) is 3.45. The van der Waals surface area contributed by atoms with Crippen molar-refractivity contribution >= 4 is 22.7 Å². The Bertz CT molecular complexity index is 707. The molecule has 1 aromatic heterocycles. The monoisotopic (exact) mass is 314 g/mol. The molecule has 1 aliphatic rings. The third-order valence-corrected chi connectivity index (χ3v) is 4.45. The molecule has 1 saturated heterocycles. The molecule has 1 aromatic carbocycles. The lowest BCUT2D eigenvalue weighted by atomic mass is 9.96. The first-order chi connectivity index (χ1) is 11.2. The number of fused-ring (bicyclic) bond motifs is 1. The molecule has 23 heavy (non-hydrogen) atoms. The van der Waals surface area contributed by atoms with E-state index in [0.717, 1.165) is 25.0 Å². The van der Waals surface area contributed by atoms with Gasteiger partial charge in [-0.25, -0.2) is 0 Å². The first kappa shape index (κ1) is 15.7. The number of piperidine rings is 1. The minimum Gasteiger partial charge on any atom is -0.465 e. The number of carbonyl (C=O) groups excluding carboxylic acids is 2. The summed E-state index contributed by atoms with van der Waals surface area (Å²) in [5.41, 5.74) is 2.41. The van der Waals surface area contributed by atoms with Crippen LogP contribution in [0.25, 0.3) is 10.9 Å². The molecule has 0 bridgehead atoms. The van der Waals surface area contributed by atoms with Crippen molar-refractivity contribution in [1.29, 1.82) is 0 Å². The SMILES string of the molecule is CCOC(=O)C1CN(CCc2c[nH]c3ccccc23)CCC1=O. The van der Waals surface area contributed by atoms with Gasteiger partial charge in [-0.3, -0.25) is 9.59 Å². The molecule has 1 aliphatic heterocycles. The van der Waals surface area contributed by atoms with Crippen molar-refractivity contribution in [2.24, 2.45) is 5.92 Å². The van der Waals surface area contributed by atoms with Gasteiger partial charge in [0, 0.05) is 43.2 Å². The fraction of sp³-hybridized carbons (Fsp3) is 0.444. The van der Waals surface area contributed by atoms with E-state index in [9.17, 15) is 9.59 Å². The Morgan fingerprint density at radius 1 is 1.39 bits per heavy atom. The summed E-state index contributed by atoms with van der Waals surface area (Å²) in [5.74, 6) is -0.993. The molecular weight excluding hydrogens is 292 g/mol. The summed E-state index contributed by atoms with van der Waals surface area (Å²) < 4.78 is 5.02. The van der Waals surface area contributed by atoms with E-state index in [1.54, 1.807) is 6.92 Å². The van der Waals surface area contributed by atoms with Crippen molar-refractivity contribution in [1.82, 2.24) is 9.88 Å². The lowest BCUT2D eigenvalue weighted by Crippen LogP contribution is -2.45. The maximum atomic E-state index is 11.9. The van der Waals surface area contributed by atoms with Crippen LogP contribution < -0.4 is 0 Å². The number of hydrogen-bond acceptors (Lipinski definition) is 4. The number of aromatic amines is 1. The highest BCUT2D eigenvalue weighted by molar-refractivity contribution is 5.99. The number of benzene rings is 1. The molecule has 3 rings (SSSR count). The Kier molecular flexibility index (Phi) is 4.76. The van der Waals surface area contributed by atoms with E-state index < -0.39 is 5.92 Å². The first-order valence-corrected chi connectivity index (χ1v) is 8.15. The number of ether oxygens (including phenoxy) is 1. The molecule has 1 fully saturated rings. The Hall–Kier alpha value is -2.14. The van der Waals surface area contributed by atoms with Crippen LogP contribution in [0, 0.1) is 5.92 Å². The number of aromatic nitrogens is 1. The van der Waals surface area contributed by atoms with Crippen LogP contribution in [0.5, 0.6) is 0 Å². The molecule has 0 aliphatic carbocycles. The standard InChI is InChI=1S/C18H22N2O3/c1-2-23-18(22)15-12-20(10-8-17(15)21)9-7-13-11-19-16-6-4-3-5-14(13)16/h3-6,11,15,19H,2,7-10,12H2,1H3. The van der Waals surface area contributed by atoms with Crippen molar-refractivity contribution in [2.45, 2.75) is 19.8 Å². The smallest absolute Gasteiger partial charge is 0.317 e. The summed E-state index contributed by atoms with van der Waals surface area (Å²) in [6, 6.07) is 8.23. The van der Waals surface area contributed by atoms with E-state index >= 15 is 0 Å². The number of likely N-dealkylation sites (tertiary alicyclic amines) is 1. The number of ketones is 1. The highest BCUT2D eigenvalue weighted by Gasteiger charge is 2.33. The Labute approximate surface area is 135 Å². The second kappa shape index (κ2) is 6.96. The van der Waals surface area contributed by atoms with Gasteiger partial charge in [-0.1, -0.05) is 18.2 Å². The predicted molar refractivity (Wildman–Crippen MR) is 88.2 cm³/mol. The average molecular weight is 314 g/mol. The number of para-hydroxylation sites is 1. The largest absolute Gasteiger partial charge is 0.465 e. The molecule has 1 N–H and O–H groups in total.